The first kappa shape index (κ1) is 15.3. The normalized spacial score (nSPS) is 31.8. The first-order valence-electron chi connectivity index (χ1n) is 7.63. The molecule has 1 heterocycles. The molecule has 0 spiro atoms. The molecule has 1 saturated carbocycles. The molecular weight excluding hydrogens is 258 g/mol. The maximum Gasteiger partial charge on any atom is 0.308 e. The van der Waals surface area contributed by atoms with Crippen LogP contribution in [0.5, 0.6) is 0 Å². The molecule has 2 fully saturated rings. The van der Waals surface area contributed by atoms with Gasteiger partial charge in [-0.1, -0.05) is 12.8 Å². The second kappa shape index (κ2) is 6.57. The molecule has 1 aliphatic heterocycles. The van der Waals surface area contributed by atoms with E-state index < -0.39 is 17.4 Å². The van der Waals surface area contributed by atoms with Gasteiger partial charge in [-0.3, -0.25) is 9.59 Å². The van der Waals surface area contributed by atoms with Crippen LogP contribution in [0.15, 0.2) is 0 Å². The van der Waals surface area contributed by atoms with Gasteiger partial charge in [-0.25, -0.2) is 0 Å². The van der Waals surface area contributed by atoms with Gasteiger partial charge in [-0.05, 0) is 38.5 Å². The van der Waals surface area contributed by atoms with E-state index in [2.05, 4.69) is 5.32 Å². The molecule has 0 bridgehead atoms. The highest BCUT2D eigenvalue weighted by atomic mass is 16.5. The van der Waals surface area contributed by atoms with Crippen molar-refractivity contribution in [3.05, 3.63) is 0 Å². The van der Waals surface area contributed by atoms with Gasteiger partial charge < -0.3 is 15.2 Å². The van der Waals surface area contributed by atoms with Crippen molar-refractivity contribution in [2.75, 3.05) is 13.2 Å². The monoisotopic (exact) mass is 283 g/mol. The minimum atomic E-state index is -0.793. The Labute approximate surface area is 120 Å². The molecule has 2 rings (SSSR count). The summed E-state index contributed by atoms with van der Waals surface area (Å²) in [5, 5.41) is 12.4. The van der Waals surface area contributed by atoms with Crippen molar-refractivity contribution in [1.29, 1.82) is 0 Å². The highest BCUT2D eigenvalue weighted by Gasteiger charge is 2.42. The Morgan fingerprint density at radius 1 is 1.25 bits per heavy atom. The second-order valence-electron chi connectivity index (χ2n) is 6.36. The molecule has 2 unspecified atom stereocenters. The SMILES string of the molecule is CC1(NC(=O)CC2CCOCC2)CCCCC1C(=O)O. The van der Waals surface area contributed by atoms with Crippen LogP contribution in [0.2, 0.25) is 0 Å². The summed E-state index contributed by atoms with van der Waals surface area (Å²) in [6.45, 7) is 3.34. The third-order valence-corrected chi connectivity index (χ3v) is 4.75. The molecule has 5 nitrogen and oxygen atoms in total. The van der Waals surface area contributed by atoms with E-state index >= 15 is 0 Å². The number of aliphatic carboxylic acids is 1. The van der Waals surface area contributed by atoms with Crippen LogP contribution in [0.1, 0.15) is 51.9 Å². The Kier molecular flexibility index (Phi) is 5.02. The average molecular weight is 283 g/mol. The van der Waals surface area contributed by atoms with Gasteiger partial charge in [0.05, 0.1) is 11.5 Å². The molecule has 0 aromatic rings. The van der Waals surface area contributed by atoms with Gasteiger partial charge in [-0.2, -0.15) is 0 Å². The van der Waals surface area contributed by atoms with Crippen LogP contribution in [-0.4, -0.2) is 35.7 Å². The lowest BCUT2D eigenvalue weighted by Crippen LogP contribution is -2.55. The molecule has 20 heavy (non-hydrogen) atoms. The van der Waals surface area contributed by atoms with E-state index in [1.807, 2.05) is 6.92 Å². The van der Waals surface area contributed by atoms with Crippen molar-refractivity contribution < 1.29 is 19.4 Å². The first-order chi connectivity index (χ1) is 9.51. The topological polar surface area (TPSA) is 75.6 Å². The average Bonchev–Trinajstić information content (AvgIpc) is 2.39. The standard InChI is InChI=1S/C15H25NO4/c1-15(7-3-2-4-12(15)14(18)19)16-13(17)10-11-5-8-20-9-6-11/h11-12H,2-10H2,1H3,(H,16,17)(H,18,19). The van der Waals surface area contributed by atoms with Crippen molar-refractivity contribution in [1.82, 2.24) is 5.32 Å². The van der Waals surface area contributed by atoms with Crippen molar-refractivity contribution in [3.8, 4) is 0 Å². The Morgan fingerprint density at radius 2 is 1.95 bits per heavy atom. The largest absolute Gasteiger partial charge is 0.481 e. The molecule has 1 saturated heterocycles. The van der Waals surface area contributed by atoms with Crippen molar-refractivity contribution in [2.24, 2.45) is 11.8 Å². The molecule has 5 heteroatoms. The molecule has 0 aromatic carbocycles. The van der Waals surface area contributed by atoms with E-state index in [0.717, 1.165) is 45.3 Å². The van der Waals surface area contributed by atoms with Gasteiger partial charge >= 0.3 is 5.97 Å². The van der Waals surface area contributed by atoms with Crippen molar-refractivity contribution in [3.63, 3.8) is 0 Å². The number of carbonyl (C=O) groups excluding carboxylic acids is 1. The number of rotatable bonds is 4. The number of hydrogen-bond acceptors (Lipinski definition) is 3. The van der Waals surface area contributed by atoms with E-state index in [1.54, 1.807) is 0 Å². The number of hydrogen-bond donors (Lipinski definition) is 2. The van der Waals surface area contributed by atoms with E-state index in [4.69, 9.17) is 4.74 Å². The summed E-state index contributed by atoms with van der Waals surface area (Å²) < 4.78 is 5.29. The van der Waals surface area contributed by atoms with Crippen LogP contribution in [0, 0.1) is 11.8 Å². The molecule has 0 radical (unpaired) electrons. The summed E-state index contributed by atoms with van der Waals surface area (Å²) in [5.74, 6) is -0.889. The summed E-state index contributed by atoms with van der Waals surface area (Å²) in [4.78, 5) is 23.6. The zero-order valence-electron chi connectivity index (χ0n) is 12.2. The number of amides is 1. The minimum absolute atomic E-state index is 0.00690. The number of carboxylic acid groups (broad SMARTS) is 1. The van der Waals surface area contributed by atoms with Gasteiger partial charge in [0.25, 0.3) is 0 Å². The predicted octanol–water partition coefficient (Wildman–Crippen LogP) is 1.95. The fourth-order valence-electron chi connectivity index (χ4n) is 3.46. The van der Waals surface area contributed by atoms with Crippen LogP contribution in [-0.2, 0) is 14.3 Å². The molecule has 1 aliphatic carbocycles. The lowest BCUT2D eigenvalue weighted by Gasteiger charge is -2.40. The molecule has 114 valence electrons. The maximum atomic E-state index is 12.2. The van der Waals surface area contributed by atoms with Gasteiger partial charge in [0.15, 0.2) is 0 Å². The highest BCUT2D eigenvalue weighted by Crippen LogP contribution is 2.34. The van der Waals surface area contributed by atoms with Gasteiger partial charge in [0, 0.05) is 19.6 Å². The number of carboxylic acids is 1. The van der Waals surface area contributed by atoms with Crippen LogP contribution in [0.25, 0.3) is 0 Å². The maximum absolute atomic E-state index is 12.2. The van der Waals surface area contributed by atoms with Crippen molar-refractivity contribution >= 4 is 11.9 Å². The number of nitrogens with one attached hydrogen (secondary N) is 1. The fourth-order valence-corrected chi connectivity index (χ4v) is 3.46. The predicted molar refractivity (Wildman–Crippen MR) is 74.3 cm³/mol. The smallest absolute Gasteiger partial charge is 0.308 e. The molecule has 2 atom stereocenters. The highest BCUT2D eigenvalue weighted by molar-refractivity contribution is 5.79. The molecular formula is C15H25NO4. The second-order valence-corrected chi connectivity index (χ2v) is 6.36. The van der Waals surface area contributed by atoms with Crippen LogP contribution in [0.3, 0.4) is 0 Å². The van der Waals surface area contributed by atoms with Gasteiger partial charge in [0.1, 0.15) is 0 Å². The molecule has 2 N–H and O–H groups in total. The Bertz CT molecular complexity index is 365. The zero-order chi connectivity index (χ0) is 14.6. The third kappa shape index (κ3) is 3.72. The quantitative estimate of drug-likeness (QED) is 0.827. The minimum Gasteiger partial charge on any atom is -0.481 e. The Hall–Kier alpha value is -1.10. The molecule has 1 amide bonds. The van der Waals surface area contributed by atoms with Crippen LogP contribution in [0.4, 0.5) is 0 Å². The van der Waals surface area contributed by atoms with E-state index in [1.165, 1.54) is 0 Å². The Morgan fingerprint density at radius 3 is 2.60 bits per heavy atom. The lowest BCUT2D eigenvalue weighted by atomic mass is 9.73. The summed E-state index contributed by atoms with van der Waals surface area (Å²) in [5.41, 5.74) is -0.591. The third-order valence-electron chi connectivity index (χ3n) is 4.75. The van der Waals surface area contributed by atoms with Crippen LogP contribution >= 0.6 is 0 Å². The van der Waals surface area contributed by atoms with Gasteiger partial charge in [-0.15, -0.1) is 0 Å². The van der Waals surface area contributed by atoms with E-state index in [-0.39, 0.29) is 5.91 Å². The van der Waals surface area contributed by atoms with Crippen LogP contribution < -0.4 is 5.32 Å². The molecule has 0 aromatic heterocycles. The van der Waals surface area contributed by atoms with Crippen molar-refractivity contribution in [2.45, 2.75) is 57.4 Å². The summed E-state index contributed by atoms with van der Waals surface area (Å²) in [6.07, 6.45) is 5.66. The molecule has 2 aliphatic rings. The number of ether oxygens (including phenoxy) is 1. The van der Waals surface area contributed by atoms with E-state index in [0.29, 0.717) is 18.8 Å². The Balaban J connectivity index is 1.91. The summed E-state index contributed by atoms with van der Waals surface area (Å²) in [7, 11) is 0. The lowest BCUT2D eigenvalue weighted by molar-refractivity contribution is -0.146. The number of carbonyl (C=O) groups is 2. The first-order valence-corrected chi connectivity index (χ1v) is 7.63. The summed E-state index contributed by atoms with van der Waals surface area (Å²) in [6, 6.07) is 0. The van der Waals surface area contributed by atoms with E-state index in [9.17, 15) is 14.7 Å². The summed E-state index contributed by atoms with van der Waals surface area (Å²) >= 11 is 0. The van der Waals surface area contributed by atoms with Gasteiger partial charge in [0.2, 0.25) is 5.91 Å². The fraction of sp³-hybridized carbons (Fsp3) is 0.867. The zero-order valence-corrected chi connectivity index (χ0v) is 12.2.